The SMILES string of the molecule is O=C(NN=Cc1ccco1)c1ccccn1. The van der Waals surface area contributed by atoms with Gasteiger partial charge in [-0.15, -0.1) is 0 Å². The van der Waals surface area contributed by atoms with Crippen molar-refractivity contribution in [2.45, 2.75) is 0 Å². The van der Waals surface area contributed by atoms with Crippen molar-refractivity contribution in [3.63, 3.8) is 0 Å². The van der Waals surface area contributed by atoms with Crippen LogP contribution in [0.3, 0.4) is 0 Å². The highest BCUT2D eigenvalue weighted by Gasteiger charge is 2.03. The van der Waals surface area contributed by atoms with Crippen LogP contribution in [-0.4, -0.2) is 17.1 Å². The van der Waals surface area contributed by atoms with Gasteiger partial charge in [-0.05, 0) is 24.3 Å². The van der Waals surface area contributed by atoms with Crippen molar-refractivity contribution in [3.05, 3.63) is 54.2 Å². The molecule has 16 heavy (non-hydrogen) atoms. The molecular weight excluding hydrogens is 206 g/mol. The van der Waals surface area contributed by atoms with E-state index in [4.69, 9.17) is 4.42 Å². The van der Waals surface area contributed by atoms with E-state index in [1.54, 1.807) is 36.5 Å². The maximum absolute atomic E-state index is 11.5. The lowest BCUT2D eigenvalue weighted by Crippen LogP contribution is -2.18. The molecule has 1 N–H and O–H groups in total. The third-order valence-electron chi connectivity index (χ3n) is 1.80. The summed E-state index contributed by atoms with van der Waals surface area (Å²) in [5.74, 6) is 0.213. The van der Waals surface area contributed by atoms with Gasteiger partial charge >= 0.3 is 0 Å². The Kier molecular flexibility index (Phi) is 3.08. The summed E-state index contributed by atoms with van der Waals surface area (Å²) in [5, 5.41) is 3.73. The summed E-state index contributed by atoms with van der Waals surface area (Å²) in [6.45, 7) is 0. The minimum Gasteiger partial charge on any atom is -0.463 e. The van der Waals surface area contributed by atoms with Crippen molar-refractivity contribution < 1.29 is 9.21 Å². The molecule has 0 spiro atoms. The fourth-order valence-corrected chi connectivity index (χ4v) is 1.07. The smallest absolute Gasteiger partial charge is 0.289 e. The number of amides is 1. The molecule has 0 radical (unpaired) electrons. The Morgan fingerprint density at radius 3 is 3.00 bits per heavy atom. The van der Waals surface area contributed by atoms with Crippen LogP contribution >= 0.6 is 0 Å². The number of hydrogen-bond donors (Lipinski definition) is 1. The minimum absolute atomic E-state index is 0.319. The lowest BCUT2D eigenvalue weighted by Gasteiger charge is -1.96. The largest absolute Gasteiger partial charge is 0.463 e. The lowest BCUT2D eigenvalue weighted by atomic mass is 10.3. The van der Waals surface area contributed by atoms with Crippen molar-refractivity contribution in [2.24, 2.45) is 5.10 Å². The van der Waals surface area contributed by atoms with Gasteiger partial charge in [0.05, 0.1) is 12.5 Å². The molecule has 2 rings (SSSR count). The number of pyridine rings is 1. The molecule has 0 aromatic carbocycles. The molecule has 0 atom stereocenters. The van der Waals surface area contributed by atoms with Crippen LogP contribution < -0.4 is 5.43 Å². The zero-order valence-corrected chi connectivity index (χ0v) is 8.33. The molecule has 0 aliphatic carbocycles. The second-order valence-corrected chi connectivity index (χ2v) is 2.93. The normalized spacial score (nSPS) is 10.5. The number of rotatable bonds is 3. The molecular formula is C11H9N3O2. The number of hydrogen-bond acceptors (Lipinski definition) is 4. The van der Waals surface area contributed by atoms with Gasteiger partial charge in [-0.25, -0.2) is 5.43 Å². The first-order valence-electron chi connectivity index (χ1n) is 4.64. The lowest BCUT2D eigenvalue weighted by molar-refractivity contribution is 0.0950. The summed E-state index contributed by atoms with van der Waals surface area (Å²) < 4.78 is 5.00. The number of nitrogens with one attached hydrogen (secondary N) is 1. The maximum atomic E-state index is 11.5. The van der Waals surface area contributed by atoms with Gasteiger partial charge < -0.3 is 4.42 Å². The zero-order chi connectivity index (χ0) is 11.2. The monoisotopic (exact) mass is 215 g/mol. The first-order chi connectivity index (χ1) is 7.86. The van der Waals surface area contributed by atoms with Gasteiger partial charge in [0.15, 0.2) is 0 Å². The highest BCUT2D eigenvalue weighted by atomic mass is 16.3. The Hall–Kier alpha value is -2.43. The van der Waals surface area contributed by atoms with Crippen LogP contribution in [0.15, 0.2) is 52.3 Å². The van der Waals surface area contributed by atoms with E-state index in [0.717, 1.165) is 0 Å². The van der Waals surface area contributed by atoms with Gasteiger partial charge in [-0.2, -0.15) is 5.10 Å². The molecule has 0 saturated heterocycles. The molecule has 0 bridgehead atoms. The Bertz CT molecular complexity index is 477. The molecule has 2 aromatic rings. The summed E-state index contributed by atoms with van der Waals surface area (Å²) in [6, 6.07) is 8.55. The summed E-state index contributed by atoms with van der Waals surface area (Å²) >= 11 is 0. The van der Waals surface area contributed by atoms with Crippen LogP contribution in [0.5, 0.6) is 0 Å². The Balaban J connectivity index is 1.94. The molecule has 0 aliphatic heterocycles. The van der Waals surface area contributed by atoms with Gasteiger partial charge in [0.2, 0.25) is 0 Å². The second-order valence-electron chi connectivity index (χ2n) is 2.93. The van der Waals surface area contributed by atoms with Crippen LogP contribution in [0.1, 0.15) is 16.2 Å². The number of carbonyl (C=O) groups is 1. The maximum Gasteiger partial charge on any atom is 0.289 e. The standard InChI is InChI=1S/C11H9N3O2/c15-11(10-5-1-2-6-12-10)14-13-8-9-4-3-7-16-9/h1-8H,(H,14,15). The number of furan rings is 1. The number of aromatic nitrogens is 1. The van der Waals surface area contributed by atoms with Crippen LogP contribution in [0.25, 0.3) is 0 Å². The van der Waals surface area contributed by atoms with Gasteiger partial charge in [0.1, 0.15) is 11.5 Å². The van der Waals surface area contributed by atoms with E-state index >= 15 is 0 Å². The van der Waals surface area contributed by atoms with Crippen LogP contribution in [0.2, 0.25) is 0 Å². The minimum atomic E-state index is -0.358. The van der Waals surface area contributed by atoms with Gasteiger partial charge in [0, 0.05) is 6.20 Å². The highest BCUT2D eigenvalue weighted by Crippen LogP contribution is 1.95. The Labute approximate surface area is 91.8 Å². The molecule has 5 heteroatoms. The highest BCUT2D eigenvalue weighted by molar-refractivity contribution is 5.92. The zero-order valence-electron chi connectivity index (χ0n) is 8.33. The summed E-state index contributed by atoms with van der Waals surface area (Å²) in [7, 11) is 0. The molecule has 5 nitrogen and oxygen atoms in total. The van der Waals surface area contributed by atoms with Crippen molar-refractivity contribution >= 4 is 12.1 Å². The van der Waals surface area contributed by atoms with Crippen LogP contribution in [0.4, 0.5) is 0 Å². The predicted octanol–water partition coefficient (Wildman–Crippen LogP) is 1.44. The Morgan fingerprint density at radius 1 is 1.38 bits per heavy atom. The quantitative estimate of drug-likeness (QED) is 0.622. The van der Waals surface area contributed by atoms with E-state index < -0.39 is 0 Å². The van der Waals surface area contributed by atoms with E-state index in [9.17, 15) is 4.79 Å². The second kappa shape index (κ2) is 4.88. The van der Waals surface area contributed by atoms with E-state index in [2.05, 4.69) is 15.5 Å². The van der Waals surface area contributed by atoms with E-state index in [1.165, 1.54) is 12.5 Å². The topological polar surface area (TPSA) is 67.5 Å². The van der Waals surface area contributed by atoms with Gasteiger partial charge in [-0.3, -0.25) is 9.78 Å². The summed E-state index contributed by atoms with van der Waals surface area (Å²) in [5.41, 5.74) is 2.66. The third-order valence-corrected chi connectivity index (χ3v) is 1.80. The molecule has 80 valence electrons. The molecule has 2 aromatic heterocycles. The van der Waals surface area contributed by atoms with Crippen molar-refractivity contribution in [1.29, 1.82) is 0 Å². The fourth-order valence-electron chi connectivity index (χ4n) is 1.07. The van der Waals surface area contributed by atoms with E-state index in [0.29, 0.717) is 11.5 Å². The van der Waals surface area contributed by atoms with Gasteiger partial charge in [0.25, 0.3) is 5.91 Å². The van der Waals surface area contributed by atoms with E-state index in [-0.39, 0.29) is 5.91 Å². The van der Waals surface area contributed by atoms with Gasteiger partial charge in [-0.1, -0.05) is 6.07 Å². The molecule has 1 amide bonds. The number of hydrazone groups is 1. The van der Waals surface area contributed by atoms with Crippen LogP contribution in [-0.2, 0) is 0 Å². The first-order valence-corrected chi connectivity index (χ1v) is 4.64. The number of nitrogens with zero attached hydrogens (tertiary/aromatic N) is 2. The fraction of sp³-hybridized carbons (Fsp3) is 0. The Morgan fingerprint density at radius 2 is 2.31 bits per heavy atom. The molecule has 0 unspecified atom stereocenters. The molecule has 0 aliphatic rings. The molecule has 0 fully saturated rings. The van der Waals surface area contributed by atoms with Crippen molar-refractivity contribution in [1.82, 2.24) is 10.4 Å². The van der Waals surface area contributed by atoms with Crippen molar-refractivity contribution in [3.8, 4) is 0 Å². The average Bonchev–Trinajstić information content (AvgIpc) is 2.83. The van der Waals surface area contributed by atoms with E-state index in [1.807, 2.05) is 0 Å². The molecule has 0 saturated carbocycles. The average molecular weight is 215 g/mol. The van der Waals surface area contributed by atoms with Crippen LogP contribution in [0, 0.1) is 0 Å². The number of carbonyl (C=O) groups excluding carboxylic acids is 1. The first kappa shape index (κ1) is 10.1. The van der Waals surface area contributed by atoms with Crippen molar-refractivity contribution in [2.75, 3.05) is 0 Å². The third kappa shape index (κ3) is 2.54. The summed E-state index contributed by atoms with van der Waals surface area (Å²) in [6.07, 6.45) is 4.49. The summed E-state index contributed by atoms with van der Waals surface area (Å²) in [4.78, 5) is 15.3. The molecule has 2 heterocycles. The predicted molar refractivity (Wildman–Crippen MR) is 58.0 cm³/mol.